The largest absolute Gasteiger partial charge is 0.370 e. The van der Waals surface area contributed by atoms with Crippen LogP contribution in [-0.2, 0) is 0 Å². The van der Waals surface area contributed by atoms with E-state index in [1.54, 1.807) is 14.1 Å². The molecule has 0 spiro atoms. The van der Waals surface area contributed by atoms with Gasteiger partial charge in [-0.2, -0.15) is 0 Å². The highest BCUT2D eigenvalue weighted by Gasteiger charge is 2.51. The minimum absolute atomic E-state index is 0.238. The van der Waals surface area contributed by atoms with Crippen LogP contribution < -0.4 is 0 Å². The molecule has 0 aliphatic heterocycles. The van der Waals surface area contributed by atoms with Crippen LogP contribution in [0.4, 0.5) is 0 Å². The normalized spacial score (nSPS) is 35.5. The lowest BCUT2D eigenvalue weighted by atomic mass is 9.85. The van der Waals surface area contributed by atoms with Crippen molar-refractivity contribution in [3.63, 3.8) is 0 Å². The first-order chi connectivity index (χ1) is 5.40. The van der Waals surface area contributed by atoms with Gasteiger partial charge in [-0.05, 0) is 33.4 Å². The lowest BCUT2D eigenvalue weighted by Gasteiger charge is -2.46. The first kappa shape index (κ1) is 9.92. The number of hydrogen-bond acceptors (Lipinski definition) is 4. The SMILES string of the molecule is CN(C)C1(O)CCCCC1(O)O. The third kappa shape index (κ3) is 1.35. The van der Waals surface area contributed by atoms with Crippen molar-refractivity contribution >= 4 is 0 Å². The Balaban J connectivity index is 2.84. The van der Waals surface area contributed by atoms with Gasteiger partial charge >= 0.3 is 0 Å². The van der Waals surface area contributed by atoms with E-state index in [1.165, 1.54) is 4.90 Å². The van der Waals surface area contributed by atoms with Crippen molar-refractivity contribution in [2.75, 3.05) is 14.1 Å². The Morgan fingerprint density at radius 1 is 1.00 bits per heavy atom. The molecular weight excluding hydrogens is 158 g/mol. The molecule has 1 atom stereocenters. The number of rotatable bonds is 1. The second-order valence-corrected chi connectivity index (χ2v) is 3.73. The molecule has 0 heterocycles. The number of nitrogens with zero attached hydrogens (tertiary/aromatic N) is 1. The molecule has 1 aliphatic rings. The molecule has 1 fully saturated rings. The molecule has 0 aromatic heterocycles. The molecule has 0 aromatic carbocycles. The van der Waals surface area contributed by atoms with Gasteiger partial charge in [0.15, 0.2) is 5.72 Å². The van der Waals surface area contributed by atoms with Crippen LogP contribution in [-0.4, -0.2) is 45.8 Å². The van der Waals surface area contributed by atoms with E-state index >= 15 is 0 Å². The van der Waals surface area contributed by atoms with Crippen molar-refractivity contribution < 1.29 is 15.3 Å². The lowest BCUT2D eigenvalue weighted by Crippen LogP contribution is -2.63. The molecule has 0 bridgehead atoms. The van der Waals surface area contributed by atoms with Gasteiger partial charge in [-0.15, -0.1) is 0 Å². The van der Waals surface area contributed by atoms with Crippen molar-refractivity contribution in [3.8, 4) is 0 Å². The molecule has 4 heteroatoms. The second kappa shape index (κ2) is 2.96. The Hall–Kier alpha value is -0.160. The summed E-state index contributed by atoms with van der Waals surface area (Å²) < 4.78 is 0. The molecular formula is C8H17NO3. The van der Waals surface area contributed by atoms with E-state index in [-0.39, 0.29) is 6.42 Å². The van der Waals surface area contributed by atoms with E-state index in [4.69, 9.17) is 0 Å². The van der Waals surface area contributed by atoms with Crippen LogP contribution in [0.2, 0.25) is 0 Å². The van der Waals surface area contributed by atoms with Gasteiger partial charge in [-0.1, -0.05) is 0 Å². The van der Waals surface area contributed by atoms with E-state index in [1.807, 2.05) is 0 Å². The molecule has 1 rings (SSSR count). The lowest BCUT2D eigenvalue weighted by molar-refractivity contribution is -0.333. The summed E-state index contributed by atoms with van der Waals surface area (Å²) >= 11 is 0. The van der Waals surface area contributed by atoms with Gasteiger partial charge in [0.2, 0.25) is 5.79 Å². The predicted octanol–water partition coefficient (Wildman–Crippen LogP) is -0.509. The maximum atomic E-state index is 9.90. The second-order valence-electron chi connectivity index (χ2n) is 3.73. The third-order valence-corrected chi connectivity index (χ3v) is 2.68. The molecule has 4 nitrogen and oxygen atoms in total. The summed E-state index contributed by atoms with van der Waals surface area (Å²) in [5.74, 6) is -1.96. The topological polar surface area (TPSA) is 63.9 Å². The fourth-order valence-corrected chi connectivity index (χ4v) is 1.73. The maximum Gasteiger partial charge on any atom is 0.206 e. The van der Waals surface area contributed by atoms with E-state index in [2.05, 4.69) is 0 Å². The quantitative estimate of drug-likeness (QED) is 0.470. The number of hydrogen-bond donors (Lipinski definition) is 3. The Morgan fingerprint density at radius 2 is 1.50 bits per heavy atom. The summed E-state index contributed by atoms with van der Waals surface area (Å²) in [5.41, 5.74) is -1.48. The molecule has 1 saturated carbocycles. The highest BCUT2D eigenvalue weighted by molar-refractivity contribution is 4.93. The number of aliphatic hydroxyl groups is 3. The minimum Gasteiger partial charge on any atom is -0.370 e. The van der Waals surface area contributed by atoms with Crippen molar-refractivity contribution in [2.24, 2.45) is 0 Å². The molecule has 0 radical (unpaired) electrons. The summed E-state index contributed by atoms with van der Waals surface area (Å²) in [7, 11) is 3.29. The van der Waals surface area contributed by atoms with Gasteiger partial charge in [-0.3, -0.25) is 4.90 Å². The summed E-state index contributed by atoms with van der Waals surface area (Å²) in [4.78, 5) is 1.46. The van der Waals surface area contributed by atoms with Gasteiger partial charge < -0.3 is 15.3 Å². The zero-order chi connectivity index (χ0) is 9.41. The van der Waals surface area contributed by atoms with Crippen molar-refractivity contribution in [3.05, 3.63) is 0 Å². The third-order valence-electron chi connectivity index (χ3n) is 2.68. The van der Waals surface area contributed by atoms with E-state index < -0.39 is 11.5 Å². The van der Waals surface area contributed by atoms with Crippen LogP contribution in [0, 0.1) is 0 Å². The van der Waals surface area contributed by atoms with E-state index in [0.29, 0.717) is 6.42 Å². The van der Waals surface area contributed by atoms with Gasteiger partial charge in [0.1, 0.15) is 0 Å². The minimum atomic E-state index is -1.96. The first-order valence-electron chi connectivity index (χ1n) is 4.25. The number of likely N-dealkylation sites (N-methyl/N-ethyl adjacent to an activating group) is 1. The average molecular weight is 175 g/mol. The zero-order valence-electron chi connectivity index (χ0n) is 7.62. The zero-order valence-corrected chi connectivity index (χ0v) is 7.62. The van der Waals surface area contributed by atoms with E-state index in [9.17, 15) is 15.3 Å². The molecule has 3 N–H and O–H groups in total. The molecule has 0 aromatic rings. The maximum absolute atomic E-state index is 9.90. The smallest absolute Gasteiger partial charge is 0.206 e. The van der Waals surface area contributed by atoms with Crippen LogP contribution >= 0.6 is 0 Å². The standard InChI is InChI=1S/C8H17NO3/c1-9(2)7(10)5-3-4-6-8(7,11)12/h10-12H,3-6H2,1-2H3. The monoisotopic (exact) mass is 175 g/mol. The molecule has 72 valence electrons. The van der Waals surface area contributed by atoms with Crippen LogP contribution in [0.5, 0.6) is 0 Å². The fourth-order valence-electron chi connectivity index (χ4n) is 1.73. The highest BCUT2D eigenvalue weighted by atomic mass is 16.5. The highest BCUT2D eigenvalue weighted by Crippen LogP contribution is 2.36. The first-order valence-corrected chi connectivity index (χ1v) is 4.25. The Bertz CT molecular complexity index is 170. The molecule has 1 aliphatic carbocycles. The van der Waals surface area contributed by atoms with E-state index in [0.717, 1.165) is 12.8 Å². The predicted molar refractivity (Wildman–Crippen MR) is 44.3 cm³/mol. The molecule has 0 amide bonds. The summed E-state index contributed by atoms with van der Waals surface area (Å²) in [6.45, 7) is 0. The Morgan fingerprint density at radius 3 is 1.83 bits per heavy atom. The summed E-state index contributed by atoms with van der Waals surface area (Å²) in [6.07, 6.45) is 2.23. The summed E-state index contributed by atoms with van der Waals surface area (Å²) in [5, 5.41) is 29.0. The van der Waals surface area contributed by atoms with Crippen LogP contribution in [0.15, 0.2) is 0 Å². The van der Waals surface area contributed by atoms with Crippen LogP contribution in [0.3, 0.4) is 0 Å². The summed E-state index contributed by atoms with van der Waals surface area (Å²) in [6, 6.07) is 0. The van der Waals surface area contributed by atoms with Crippen LogP contribution in [0.25, 0.3) is 0 Å². The Labute approximate surface area is 72.4 Å². The van der Waals surface area contributed by atoms with Gasteiger partial charge in [0.05, 0.1) is 0 Å². The van der Waals surface area contributed by atoms with Crippen molar-refractivity contribution in [2.45, 2.75) is 37.2 Å². The average Bonchev–Trinajstić information content (AvgIpc) is 1.95. The van der Waals surface area contributed by atoms with Crippen LogP contribution in [0.1, 0.15) is 25.7 Å². The van der Waals surface area contributed by atoms with Crippen molar-refractivity contribution in [1.82, 2.24) is 4.90 Å². The molecule has 12 heavy (non-hydrogen) atoms. The Kier molecular flexibility index (Phi) is 2.45. The van der Waals surface area contributed by atoms with Gasteiger partial charge in [0, 0.05) is 6.42 Å². The molecule has 0 saturated heterocycles. The van der Waals surface area contributed by atoms with Gasteiger partial charge in [-0.25, -0.2) is 0 Å². The van der Waals surface area contributed by atoms with Crippen molar-refractivity contribution in [1.29, 1.82) is 0 Å². The molecule has 1 unspecified atom stereocenters. The fraction of sp³-hybridized carbons (Fsp3) is 1.00. The van der Waals surface area contributed by atoms with Gasteiger partial charge in [0.25, 0.3) is 0 Å².